The number of rotatable bonds is 3. The number of ether oxygens (including phenoxy) is 1. The van der Waals surface area contributed by atoms with Gasteiger partial charge in [0.2, 0.25) is 5.88 Å². The Balaban J connectivity index is 2.13. The predicted octanol–water partition coefficient (Wildman–Crippen LogP) is 0.786. The van der Waals surface area contributed by atoms with E-state index in [1.807, 2.05) is 4.90 Å². The van der Waals surface area contributed by atoms with Crippen molar-refractivity contribution in [2.75, 3.05) is 25.1 Å². The van der Waals surface area contributed by atoms with Gasteiger partial charge in [-0.2, -0.15) is 0 Å². The molecule has 17 heavy (non-hydrogen) atoms. The number of methoxy groups -OCH3 is 1. The standard InChI is InChI=1S/C11H15N3O3/c1-17-10-5-9(12-7-13-10)14-4-2-3-8(6-14)11(15)16/h5,7-8H,2-4,6H2,1H3,(H,15,16)/t8-/m1/s1. The molecule has 0 spiro atoms. The van der Waals surface area contributed by atoms with Crippen LogP contribution in [0.25, 0.3) is 0 Å². The van der Waals surface area contributed by atoms with Crippen LogP contribution in [0.15, 0.2) is 12.4 Å². The molecule has 1 aromatic rings. The maximum atomic E-state index is 11.0. The third-order valence-corrected chi connectivity index (χ3v) is 2.93. The minimum atomic E-state index is -0.740. The van der Waals surface area contributed by atoms with Crippen molar-refractivity contribution in [3.63, 3.8) is 0 Å². The number of carboxylic acid groups (broad SMARTS) is 1. The topological polar surface area (TPSA) is 75.5 Å². The van der Waals surface area contributed by atoms with Crippen LogP contribution >= 0.6 is 0 Å². The third-order valence-electron chi connectivity index (χ3n) is 2.93. The molecule has 1 fully saturated rings. The molecule has 1 aliphatic rings. The molecule has 0 aromatic carbocycles. The van der Waals surface area contributed by atoms with Crippen molar-refractivity contribution in [3.05, 3.63) is 12.4 Å². The van der Waals surface area contributed by atoms with Gasteiger partial charge in [-0.1, -0.05) is 0 Å². The molecule has 2 heterocycles. The zero-order valence-corrected chi connectivity index (χ0v) is 9.67. The quantitative estimate of drug-likeness (QED) is 0.837. The second-order valence-electron chi connectivity index (χ2n) is 4.04. The van der Waals surface area contributed by atoms with Gasteiger partial charge in [-0.25, -0.2) is 9.97 Å². The van der Waals surface area contributed by atoms with Crippen LogP contribution in [0, 0.1) is 5.92 Å². The van der Waals surface area contributed by atoms with Gasteiger partial charge >= 0.3 is 5.97 Å². The fourth-order valence-electron chi connectivity index (χ4n) is 2.00. The fraction of sp³-hybridized carbons (Fsp3) is 0.545. The molecule has 1 aliphatic heterocycles. The van der Waals surface area contributed by atoms with Crippen LogP contribution in [0.1, 0.15) is 12.8 Å². The highest BCUT2D eigenvalue weighted by Gasteiger charge is 2.26. The van der Waals surface area contributed by atoms with Gasteiger partial charge in [0.15, 0.2) is 0 Å². The summed E-state index contributed by atoms with van der Waals surface area (Å²) >= 11 is 0. The summed E-state index contributed by atoms with van der Waals surface area (Å²) in [5.41, 5.74) is 0. The van der Waals surface area contributed by atoms with E-state index in [1.165, 1.54) is 6.33 Å². The van der Waals surface area contributed by atoms with Crippen LogP contribution in [0.2, 0.25) is 0 Å². The van der Waals surface area contributed by atoms with E-state index in [9.17, 15) is 4.79 Å². The van der Waals surface area contributed by atoms with Gasteiger partial charge in [0.05, 0.1) is 13.0 Å². The van der Waals surface area contributed by atoms with Gasteiger partial charge in [-0.15, -0.1) is 0 Å². The normalized spacial score (nSPS) is 20.1. The summed E-state index contributed by atoms with van der Waals surface area (Å²) in [7, 11) is 1.54. The number of aromatic nitrogens is 2. The third kappa shape index (κ3) is 2.64. The number of aliphatic carboxylic acids is 1. The number of carboxylic acids is 1. The first-order valence-electron chi connectivity index (χ1n) is 5.54. The van der Waals surface area contributed by atoms with E-state index >= 15 is 0 Å². The largest absolute Gasteiger partial charge is 0.481 e. The molecule has 0 bridgehead atoms. The first kappa shape index (κ1) is 11.6. The van der Waals surface area contributed by atoms with Crippen LogP contribution in [0.4, 0.5) is 5.82 Å². The van der Waals surface area contributed by atoms with Gasteiger partial charge in [-0.3, -0.25) is 4.79 Å². The first-order valence-corrected chi connectivity index (χ1v) is 5.54. The summed E-state index contributed by atoms with van der Waals surface area (Å²) in [6, 6.07) is 1.73. The van der Waals surface area contributed by atoms with Crippen molar-refractivity contribution in [1.29, 1.82) is 0 Å². The van der Waals surface area contributed by atoms with Crippen molar-refractivity contribution in [2.24, 2.45) is 5.92 Å². The fourth-order valence-corrected chi connectivity index (χ4v) is 2.00. The molecule has 6 nitrogen and oxygen atoms in total. The predicted molar refractivity (Wildman–Crippen MR) is 61.2 cm³/mol. The lowest BCUT2D eigenvalue weighted by Gasteiger charge is -2.31. The molecular weight excluding hydrogens is 222 g/mol. The summed E-state index contributed by atoms with van der Waals surface area (Å²) in [6.07, 6.45) is 3.02. The molecule has 0 unspecified atom stereocenters. The number of piperidine rings is 1. The molecule has 0 aliphatic carbocycles. The van der Waals surface area contributed by atoms with E-state index in [0.717, 1.165) is 25.2 Å². The van der Waals surface area contributed by atoms with E-state index in [-0.39, 0.29) is 5.92 Å². The molecule has 6 heteroatoms. The van der Waals surface area contributed by atoms with Crippen LogP contribution in [0.5, 0.6) is 5.88 Å². The van der Waals surface area contributed by atoms with E-state index in [0.29, 0.717) is 12.4 Å². The maximum Gasteiger partial charge on any atom is 0.308 e. The van der Waals surface area contributed by atoms with Crippen molar-refractivity contribution in [2.45, 2.75) is 12.8 Å². The van der Waals surface area contributed by atoms with Crippen LogP contribution in [-0.4, -0.2) is 41.2 Å². The summed E-state index contributed by atoms with van der Waals surface area (Å²) in [5.74, 6) is 0.163. The molecular formula is C11H15N3O3. The molecule has 1 N–H and O–H groups in total. The summed E-state index contributed by atoms with van der Waals surface area (Å²) < 4.78 is 5.03. The van der Waals surface area contributed by atoms with Crippen molar-refractivity contribution in [1.82, 2.24) is 9.97 Å². The zero-order chi connectivity index (χ0) is 12.3. The summed E-state index contributed by atoms with van der Waals surface area (Å²) in [4.78, 5) is 21.0. The highest BCUT2D eigenvalue weighted by atomic mass is 16.5. The Labute approximate surface area is 99.2 Å². The number of carbonyl (C=O) groups is 1. The Morgan fingerprint density at radius 1 is 1.59 bits per heavy atom. The maximum absolute atomic E-state index is 11.0. The molecule has 2 rings (SSSR count). The van der Waals surface area contributed by atoms with Gasteiger partial charge < -0.3 is 14.7 Å². The highest BCUT2D eigenvalue weighted by molar-refractivity contribution is 5.71. The number of hydrogen-bond acceptors (Lipinski definition) is 5. The number of anilines is 1. The van der Waals surface area contributed by atoms with Gasteiger partial charge in [0.25, 0.3) is 0 Å². The minimum absolute atomic E-state index is 0.315. The lowest BCUT2D eigenvalue weighted by molar-refractivity contribution is -0.141. The van der Waals surface area contributed by atoms with Crippen molar-refractivity contribution >= 4 is 11.8 Å². The van der Waals surface area contributed by atoms with Gasteiger partial charge in [0.1, 0.15) is 12.1 Å². The molecule has 0 saturated carbocycles. The SMILES string of the molecule is COc1cc(N2CCC[C@@H](C(=O)O)C2)ncn1. The van der Waals surface area contributed by atoms with Crippen LogP contribution in [-0.2, 0) is 4.79 Å². The van der Waals surface area contributed by atoms with Gasteiger partial charge in [0, 0.05) is 19.2 Å². The Morgan fingerprint density at radius 3 is 3.12 bits per heavy atom. The van der Waals surface area contributed by atoms with E-state index in [1.54, 1.807) is 13.2 Å². The van der Waals surface area contributed by atoms with Crippen molar-refractivity contribution < 1.29 is 14.6 Å². The summed E-state index contributed by atoms with van der Waals surface area (Å²) in [5, 5.41) is 9.02. The smallest absolute Gasteiger partial charge is 0.308 e. The highest BCUT2D eigenvalue weighted by Crippen LogP contribution is 2.23. The van der Waals surface area contributed by atoms with Crippen molar-refractivity contribution in [3.8, 4) is 5.88 Å². The second kappa shape index (κ2) is 4.99. The Hall–Kier alpha value is -1.85. The lowest BCUT2D eigenvalue weighted by atomic mass is 9.98. The Morgan fingerprint density at radius 2 is 2.41 bits per heavy atom. The minimum Gasteiger partial charge on any atom is -0.481 e. The zero-order valence-electron chi connectivity index (χ0n) is 9.67. The first-order chi connectivity index (χ1) is 8.20. The van der Waals surface area contributed by atoms with Gasteiger partial charge in [-0.05, 0) is 12.8 Å². The Bertz CT molecular complexity index is 411. The number of hydrogen-bond donors (Lipinski definition) is 1. The van der Waals surface area contributed by atoms with Crippen LogP contribution in [0.3, 0.4) is 0 Å². The molecule has 1 atom stereocenters. The average molecular weight is 237 g/mol. The van der Waals surface area contributed by atoms with E-state index in [4.69, 9.17) is 9.84 Å². The molecule has 1 saturated heterocycles. The second-order valence-corrected chi connectivity index (χ2v) is 4.04. The monoisotopic (exact) mass is 237 g/mol. The molecule has 0 amide bonds. The lowest BCUT2D eigenvalue weighted by Crippen LogP contribution is -2.39. The van der Waals surface area contributed by atoms with E-state index < -0.39 is 5.97 Å². The Kier molecular flexibility index (Phi) is 3.41. The van der Waals surface area contributed by atoms with E-state index in [2.05, 4.69) is 9.97 Å². The average Bonchev–Trinajstić information content (AvgIpc) is 2.39. The van der Waals surface area contributed by atoms with Crippen LogP contribution < -0.4 is 9.64 Å². The molecule has 0 radical (unpaired) electrons. The number of nitrogens with zero attached hydrogens (tertiary/aromatic N) is 3. The summed E-state index contributed by atoms with van der Waals surface area (Å²) in [6.45, 7) is 1.32. The molecule has 1 aromatic heterocycles. The molecule has 92 valence electrons.